The van der Waals surface area contributed by atoms with Crippen LogP contribution in [0.4, 0.5) is 0 Å². The van der Waals surface area contributed by atoms with E-state index in [1.807, 2.05) is 6.07 Å². The van der Waals surface area contributed by atoms with Crippen LogP contribution in [0.1, 0.15) is 16.7 Å². The molecule has 4 nitrogen and oxygen atoms in total. The smallest absolute Gasteiger partial charge is 0.203 e. The van der Waals surface area contributed by atoms with Crippen molar-refractivity contribution in [3.63, 3.8) is 0 Å². The summed E-state index contributed by atoms with van der Waals surface area (Å²) in [5.41, 5.74) is 3.78. The molecule has 0 bridgehead atoms. The summed E-state index contributed by atoms with van der Waals surface area (Å²) in [4.78, 5) is 0. The van der Waals surface area contributed by atoms with Gasteiger partial charge in [-0.15, -0.1) is 12.4 Å². The molecule has 24 heavy (non-hydrogen) atoms. The molecule has 0 saturated heterocycles. The second kappa shape index (κ2) is 8.27. The Kier molecular flexibility index (Phi) is 6.35. The van der Waals surface area contributed by atoms with Crippen LogP contribution in [0.25, 0.3) is 0 Å². The Hall–Kier alpha value is -1.91. The van der Waals surface area contributed by atoms with E-state index in [2.05, 4.69) is 35.6 Å². The van der Waals surface area contributed by atoms with Crippen molar-refractivity contribution in [3.8, 4) is 17.2 Å². The number of rotatable bonds is 6. The van der Waals surface area contributed by atoms with E-state index < -0.39 is 0 Å². The summed E-state index contributed by atoms with van der Waals surface area (Å²) in [6.07, 6.45) is 1.91. The summed E-state index contributed by atoms with van der Waals surface area (Å²) in [7, 11) is 4.99. The number of hydrogen-bond donors (Lipinski definition) is 1. The summed E-state index contributed by atoms with van der Waals surface area (Å²) in [5, 5.41) is 3.63. The lowest BCUT2D eigenvalue weighted by molar-refractivity contribution is 0.322. The molecule has 0 saturated carbocycles. The Morgan fingerprint density at radius 3 is 2.29 bits per heavy atom. The van der Waals surface area contributed by atoms with Crippen LogP contribution in [-0.4, -0.2) is 27.4 Å². The number of benzene rings is 2. The monoisotopic (exact) mass is 349 g/mol. The standard InChI is InChI=1S/C19H23NO3.ClH/c1-21-17-10-14-9-15(20-12-13-7-5-4-6-8-13)11-16(14)18(22-2)19(17)23-3;/h4-8,10,15,20H,9,11-12H2,1-3H3;1H. The zero-order valence-corrected chi connectivity index (χ0v) is 15.1. The fourth-order valence-corrected chi connectivity index (χ4v) is 3.26. The minimum Gasteiger partial charge on any atom is -0.493 e. The molecule has 1 unspecified atom stereocenters. The van der Waals surface area contributed by atoms with Gasteiger partial charge < -0.3 is 19.5 Å². The molecule has 1 N–H and O–H groups in total. The number of ether oxygens (including phenoxy) is 3. The van der Waals surface area contributed by atoms with Gasteiger partial charge in [-0.25, -0.2) is 0 Å². The molecule has 3 rings (SSSR count). The van der Waals surface area contributed by atoms with Gasteiger partial charge in [0.15, 0.2) is 11.5 Å². The maximum atomic E-state index is 5.60. The van der Waals surface area contributed by atoms with Gasteiger partial charge in [0.2, 0.25) is 5.75 Å². The van der Waals surface area contributed by atoms with Gasteiger partial charge in [-0.1, -0.05) is 30.3 Å². The average Bonchev–Trinajstić information content (AvgIpc) is 3.01. The molecule has 0 aromatic heterocycles. The largest absolute Gasteiger partial charge is 0.493 e. The van der Waals surface area contributed by atoms with Crippen molar-refractivity contribution in [2.45, 2.75) is 25.4 Å². The van der Waals surface area contributed by atoms with Gasteiger partial charge in [0, 0.05) is 18.2 Å². The number of fused-ring (bicyclic) bond motifs is 1. The van der Waals surface area contributed by atoms with Crippen LogP contribution < -0.4 is 19.5 Å². The van der Waals surface area contributed by atoms with Gasteiger partial charge >= 0.3 is 0 Å². The van der Waals surface area contributed by atoms with Crippen LogP contribution in [-0.2, 0) is 19.4 Å². The molecular weight excluding hydrogens is 326 g/mol. The minimum absolute atomic E-state index is 0. The van der Waals surface area contributed by atoms with E-state index in [0.29, 0.717) is 11.8 Å². The van der Waals surface area contributed by atoms with Crippen LogP contribution in [0, 0.1) is 0 Å². The Bertz CT molecular complexity index is 676. The average molecular weight is 350 g/mol. The third-order valence-corrected chi connectivity index (χ3v) is 4.38. The van der Waals surface area contributed by atoms with E-state index in [9.17, 15) is 0 Å². The number of methoxy groups -OCH3 is 3. The SMILES string of the molecule is COc1cc2c(c(OC)c1OC)CC(NCc1ccccc1)C2.Cl. The fraction of sp³-hybridized carbons (Fsp3) is 0.368. The van der Waals surface area contributed by atoms with E-state index in [4.69, 9.17) is 14.2 Å². The first kappa shape index (κ1) is 18.4. The van der Waals surface area contributed by atoms with Crippen molar-refractivity contribution >= 4 is 12.4 Å². The predicted octanol–water partition coefficient (Wildman–Crippen LogP) is 3.39. The summed E-state index contributed by atoms with van der Waals surface area (Å²) in [6.45, 7) is 0.871. The molecule has 0 spiro atoms. The molecule has 1 aliphatic carbocycles. The number of nitrogens with one attached hydrogen (secondary N) is 1. The molecule has 0 radical (unpaired) electrons. The van der Waals surface area contributed by atoms with Crippen LogP contribution in [0.15, 0.2) is 36.4 Å². The van der Waals surface area contributed by atoms with E-state index in [-0.39, 0.29) is 12.4 Å². The predicted molar refractivity (Wildman–Crippen MR) is 97.8 cm³/mol. The highest BCUT2D eigenvalue weighted by Crippen LogP contribution is 2.45. The van der Waals surface area contributed by atoms with E-state index in [0.717, 1.165) is 30.9 Å². The van der Waals surface area contributed by atoms with Crippen molar-refractivity contribution in [1.29, 1.82) is 0 Å². The quantitative estimate of drug-likeness (QED) is 0.867. The van der Waals surface area contributed by atoms with Gasteiger partial charge in [0.05, 0.1) is 21.3 Å². The molecule has 0 amide bonds. The third-order valence-electron chi connectivity index (χ3n) is 4.38. The number of hydrogen-bond acceptors (Lipinski definition) is 4. The van der Waals surface area contributed by atoms with Crippen molar-refractivity contribution in [3.05, 3.63) is 53.1 Å². The molecule has 0 fully saturated rings. The van der Waals surface area contributed by atoms with E-state index >= 15 is 0 Å². The first-order chi connectivity index (χ1) is 11.3. The summed E-state index contributed by atoms with van der Waals surface area (Å²) in [6, 6.07) is 12.9. The second-order valence-corrected chi connectivity index (χ2v) is 5.75. The lowest BCUT2D eigenvalue weighted by Gasteiger charge is -2.15. The van der Waals surface area contributed by atoms with Crippen molar-refractivity contribution in [1.82, 2.24) is 5.32 Å². The zero-order chi connectivity index (χ0) is 16.2. The highest BCUT2D eigenvalue weighted by molar-refractivity contribution is 5.85. The summed E-state index contributed by atoms with van der Waals surface area (Å²) >= 11 is 0. The maximum absolute atomic E-state index is 5.60. The van der Waals surface area contributed by atoms with Crippen molar-refractivity contribution < 1.29 is 14.2 Å². The van der Waals surface area contributed by atoms with Crippen molar-refractivity contribution in [2.75, 3.05) is 21.3 Å². The third kappa shape index (κ3) is 3.60. The van der Waals surface area contributed by atoms with E-state index in [1.54, 1.807) is 21.3 Å². The van der Waals surface area contributed by atoms with Crippen LogP contribution >= 0.6 is 12.4 Å². The van der Waals surface area contributed by atoms with Crippen molar-refractivity contribution in [2.24, 2.45) is 0 Å². The van der Waals surface area contributed by atoms with Crippen LogP contribution in [0.3, 0.4) is 0 Å². The lowest BCUT2D eigenvalue weighted by Crippen LogP contribution is -2.28. The van der Waals surface area contributed by atoms with Gasteiger partial charge in [-0.2, -0.15) is 0 Å². The highest BCUT2D eigenvalue weighted by Gasteiger charge is 2.28. The van der Waals surface area contributed by atoms with E-state index in [1.165, 1.54) is 16.7 Å². The molecule has 0 heterocycles. The molecule has 5 heteroatoms. The fourth-order valence-electron chi connectivity index (χ4n) is 3.26. The van der Waals surface area contributed by atoms with Crippen LogP contribution in [0.2, 0.25) is 0 Å². The molecule has 1 atom stereocenters. The Labute approximate surface area is 149 Å². The Morgan fingerprint density at radius 1 is 0.958 bits per heavy atom. The first-order valence-corrected chi connectivity index (χ1v) is 7.84. The topological polar surface area (TPSA) is 39.7 Å². The normalized spacial score (nSPS) is 15.4. The molecular formula is C19H24ClNO3. The second-order valence-electron chi connectivity index (χ2n) is 5.75. The van der Waals surface area contributed by atoms with Gasteiger partial charge in [-0.3, -0.25) is 0 Å². The summed E-state index contributed by atoms with van der Waals surface area (Å²) < 4.78 is 16.5. The minimum atomic E-state index is 0. The zero-order valence-electron chi connectivity index (χ0n) is 14.3. The maximum Gasteiger partial charge on any atom is 0.203 e. The first-order valence-electron chi connectivity index (χ1n) is 7.84. The molecule has 2 aromatic carbocycles. The molecule has 1 aliphatic rings. The Morgan fingerprint density at radius 2 is 1.67 bits per heavy atom. The van der Waals surface area contributed by atoms with Gasteiger partial charge in [-0.05, 0) is 30.0 Å². The van der Waals surface area contributed by atoms with Gasteiger partial charge in [0.1, 0.15) is 0 Å². The molecule has 0 aliphatic heterocycles. The molecule has 2 aromatic rings. The molecule has 130 valence electrons. The highest BCUT2D eigenvalue weighted by atomic mass is 35.5. The van der Waals surface area contributed by atoms with Gasteiger partial charge in [0.25, 0.3) is 0 Å². The number of halogens is 1. The summed E-state index contributed by atoms with van der Waals surface area (Å²) in [5.74, 6) is 2.20. The Balaban J connectivity index is 0.00000208. The van der Waals surface area contributed by atoms with Crippen LogP contribution in [0.5, 0.6) is 17.2 Å². The lowest BCUT2D eigenvalue weighted by atomic mass is 10.1.